The van der Waals surface area contributed by atoms with E-state index in [1.54, 1.807) is 6.20 Å². The van der Waals surface area contributed by atoms with Crippen molar-refractivity contribution >= 4 is 10.8 Å². The summed E-state index contributed by atoms with van der Waals surface area (Å²) in [6.07, 6.45) is 1.66. The highest BCUT2D eigenvalue weighted by Gasteiger charge is 2.07. The first-order chi connectivity index (χ1) is 9.72. The second kappa shape index (κ2) is 7.22. The summed E-state index contributed by atoms with van der Waals surface area (Å²) in [5.41, 5.74) is 0.809. The van der Waals surface area contributed by atoms with E-state index in [1.807, 2.05) is 24.3 Å². The third kappa shape index (κ3) is 3.68. The Morgan fingerprint density at radius 1 is 1.15 bits per heavy atom. The highest BCUT2D eigenvalue weighted by atomic mass is 16.5. The van der Waals surface area contributed by atoms with Gasteiger partial charge in [-0.15, -0.1) is 0 Å². The topological polar surface area (TPSA) is 51.6 Å². The Balaban J connectivity index is 2.03. The molecule has 0 amide bonds. The van der Waals surface area contributed by atoms with Crippen LogP contribution in [0.3, 0.4) is 0 Å². The number of ether oxygens (including phenoxy) is 2. The minimum atomic E-state index is -0.0225. The lowest BCUT2D eigenvalue weighted by atomic mass is 10.1. The van der Waals surface area contributed by atoms with E-state index in [-0.39, 0.29) is 6.61 Å². The molecule has 1 aromatic carbocycles. The molecular formula is C16H21NO3. The molecule has 0 saturated carbocycles. The number of aromatic nitrogens is 1. The zero-order chi connectivity index (χ0) is 14.4. The highest BCUT2D eigenvalue weighted by molar-refractivity contribution is 5.89. The Hall–Kier alpha value is -1.65. The molecule has 4 heteroatoms. The molecule has 2 rings (SSSR count). The second-order valence-corrected chi connectivity index (χ2v) is 5.11. The van der Waals surface area contributed by atoms with Crippen LogP contribution in [0.4, 0.5) is 0 Å². The molecule has 0 atom stereocenters. The van der Waals surface area contributed by atoms with Gasteiger partial charge in [-0.25, -0.2) is 4.98 Å². The van der Waals surface area contributed by atoms with Crippen LogP contribution in [0, 0.1) is 5.92 Å². The van der Waals surface area contributed by atoms with Gasteiger partial charge in [0.2, 0.25) is 5.88 Å². The van der Waals surface area contributed by atoms with Crippen molar-refractivity contribution in [1.82, 2.24) is 4.98 Å². The lowest BCUT2D eigenvalue weighted by Crippen LogP contribution is -2.11. The molecule has 0 aliphatic carbocycles. The molecule has 0 aliphatic heterocycles. The van der Waals surface area contributed by atoms with Gasteiger partial charge in [-0.2, -0.15) is 0 Å². The van der Waals surface area contributed by atoms with Crippen LogP contribution in [0.15, 0.2) is 30.5 Å². The minimum Gasteiger partial charge on any atom is -0.475 e. The molecule has 108 valence electrons. The van der Waals surface area contributed by atoms with Gasteiger partial charge in [0.1, 0.15) is 6.61 Å². The number of hydrogen-bond donors (Lipinski definition) is 1. The van der Waals surface area contributed by atoms with E-state index >= 15 is 0 Å². The largest absolute Gasteiger partial charge is 0.475 e. The van der Waals surface area contributed by atoms with Crippen LogP contribution < -0.4 is 4.74 Å². The van der Waals surface area contributed by atoms with Gasteiger partial charge in [-0.05, 0) is 17.4 Å². The first-order valence-electron chi connectivity index (χ1n) is 6.90. The lowest BCUT2D eigenvalue weighted by molar-refractivity contribution is 0.0811. The van der Waals surface area contributed by atoms with Crippen molar-refractivity contribution in [1.29, 1.82) is 0 Å². The Kier molecular flexibility index (Phi) is 5.32. The van der Waals surface area contributed by atoms with Crippen LogP contribution in [0.5, 0.6) is 5.88 Å². The summed E-state index contributed by atoms with van der Waals surface area (Å²) in [6, 6.07) is 7.79. The van der Waals surface area contributed by atoms with Crippen molar-refractivity contribution in [2.75, 3.05) is 19.8 Å². The standard InChI is InChI=1S/C16H21NO3/c1-12(2)11-19-7-8-20-16-15-6-4-3-5-14(15)13(10-18)9-17-16/h3-6,9,12,18H,7-8,10-11H2,1-2H3. The first-order valence-corrected chi connectivity index (χ1v) is 6.90. The van der Waals surface area contributed by atoms with Crippen molar-refractivity contribution in [2.45, 2.75) is 20.5 Å². The number of aliphatic hydroxyl groups excluding tert-OH is 1. The molecule has 2 aromatic rings. The smallest absolute Gasteiger partial charge is 0.221 e. The van der Waals surface area contributed by atoms with Gasteiger partial charge in [-0.3, -0.25) is 0 Å². The Bertz CT molecular complexity index is 554. The van der Waals surface area contributed by atoms with Crippen molar-refractivity contribution in [3.8, 4) is 5.88 Å². The van der Waals surface area contributed by atoms with E-state index in [0.717, 1.165) is 22.9 Å². The van der Waals surface area contributed by atoms with Crippen molar-refractivity contribution < 1.29 is 14.6 Å². The average Bonchev–Trinajstić information content (AvgIpc) is 2.46. The van der Waals surface area contributed by atoms with Crippen molar-refractivity contribution in [3.05, 3.63) is 36.0 Å². The van der Waals surface area contributed by atoms with Gasteiger partial charge in [0, 0.05) is 23.8 Å². The molecule has 1 N–H and O–H groups in total. The fourth-order valence-electron chi connectivity index (χ4n) is 1.98. The zero-order valence-corrected chi connectivity index (χ0v) is 12.0. The molecule has 0 bridgehead atoms. The number of aliphatic hydroxyl groups is 1. The molecule has 20 heavy (non-hydrogen) atoms. The van der Waals surface area contributed by atoms with E-state index in [2.05, 4.69) is 18.8 Å². The number of nitrogens with zero attached hydrogens (tertiary/aromatic N) is 1. The van der Waals surface area contributed by atoms with Gasteiger partial charge in [-0.1, -0.05) is 32.0 Å². The Morgan fingerprint density at radius 3 is 2.60 bits per heavy atom. The van der Waals surface area contributed by atoms with E-state index in [4.69, 9.17) is 9.47 Å². The zero-order valence-electron chi connectivity index (χ0n) is 12.0. The maximum atomic E-state index is 9.32. The predicted molar refractivity (Wildman–Crippen MR) is 78.8 cm³/mol. The highest BCUT2D eigenvalue weighted by Crippen LogP contribution is 2.25. The number of hydrogen-bond acceptors (Lipinski definition) is 4. The van der Waals surface area contributed by atoms with Gasteiger partial charge < -0.3 is 14.6 Å². The van der Waals surface area contributed by atoms with Crippen LogP contribution >= 0.6 is 0 Å². The molecule has 1 aromatic heterocycles. The number of pyridine rings is 1. The van der Waals surface area contributed by atoms with Crippen LogP contribution in [-0.2, 0) is 11.3 Å². The lowest BCUT2D eigenvalue weighted by Gasteiger charge is -2.11. The van der Waals surface area contributed by atoms with Crippen molar-refractivity contribution in [3.63, 3.8) is 0 Å². The molecule has 0 unspecified atom stereocenters. The predicted octanol–water partition coefficient (Wildman–Crippen LogP) is 2.78. The van der Waals surface area contributed by atoms with E-state index in [0.29, 0.717) is 25.0 Å². The Morgan fingerprint density at radius 2 is 1.90 bits per heavy atom. The Labute approximate surface area is 119 Å². The summed E-state index contributed by atoms with van der Waals surface area (Å²) in [7, 11) is 0. The molecule has 4 nitrogen and oxygen atoms in total. The van der Waals surface area contributed by atoms with E-state index in [1.165, 1.54) is 0 Å². The van der Waals surface area contributed by atoms with Gasteiger partial charge in [0.05, 0.1) is 13.2 Å². The molecule has 1 heterocycles. The van der Waals surface area contributed by atoms with E-state index < -0.39 is 0 Å². The molecule has 0 saturated heterocycles. The summed E-state index contributed by atoms with van der Waals surface area (Å²) in [6.45, 7) is 5.97. The average molecular weight is 275 g/mol. The molecule has 0 fully saturated rings. The maximum absolute atomic E-state index is 9.32. The molecule has 0 radical (unpaired) electrons. The van der Waals surface area contributed by atoms with Crippen LogP contribution in [0.2, 0.25) is 0 Å². The SMILES string of the molecule is CC(C)COCCOc1ncc(CO)c2ccccc12. The van der Waals surface area contributed by atoms with Crippen LogP contribution in [-0.4, -0.2) is 29.9 Å². The second-order valence-electron chi connectivity index (χ2n) is 5.11. The minimum absolute atomic E-state index is 0.0225. The number of benzene rings is 1. The first kappa shape index (κ1) is 14.8. The van der Waals surface area contributed by atoms with Crippen LogP contribution in [0.25, 0.3) is 10.8 Å². The summed E-state index contributed by atoms with van der Waals surface area (Å²) in [5.74, 6) is 1.11. The van der Waals surface area contributed by atoms with Gasteiger partial charge >= 0.3 is 0 Å². The number of rotatable bonds is 7. The van der Waals surface area contributed by atoms with E-state index in [9.17, 15) is 5.11 Å². The maximum Gasteiger partial charge on any atom is 0.221 e. The molecule has 0 aliphatic rings. The molecule has 0 spiro atoms. The summed E-state index contributed by atoms with van der Waals surface area (Å²) in [5, 5.41) is 11.2. The third-order valence-electron chi connectivity index (χ3n) is 2.93. The summed E-state index contributed by atoms with van der Waals surface area (Å²) in [4.78, 5) is 4.27. The van der Waals surface area contributed by atoms with Gasteiger partial charge in [0.15, 0.2) is 0 Å². The fourth-order valence-corrected chi connectivity index (χ4v) is 1.98. The summed E-state index contributed by atoms with van der Waals surface area (Å²) >= 11 is 0. The summed E-state index contributed by atoms with van der Waals surface area (Å²) < 4.78 is 11.2. The monoisotopic (exact) mass is 275 g/mol. The fraction of sp³-hybridized carbons (Fsp3) is 0.438. The molecular weight excluding hydrogens is 254 g/mol. The van der Waals surface area contributed by atoms with Gasteiger partial charge in [0.25, 0.3) is 0 Å². The quantitative estimate of drug-likeness (QED) is 0.789. The normalized spacial score (nSPS) is 11.2. The van der Waals surface area contributed by atoms with Crippen molar-refractivity contribution in [2.24, 2.45) is 5.92 Å². The van der Waals surface area contributed by atoms with Crippen LogP contribution in [0.1, 0.15) is 19.4 Å². The number of fused-ring (bicyclic) bond motifs is 1. The third-order valence-corrected chi connectivity index (χ3v) is 2.93.